The highest BCUT2D eigenvalue weighted by atomic mass is 35.5. The number of nitrogens with one attached hydrogen (secondary N) is 1. The maximum Gasteiger partial charge on any atom is 0.0976 e. The fourth-order valence-corrected chi connectivity index (χ4v) is 2.43. The molecule has 0 aromatic heterocycles. The van der Waals surface area contributed by atoms with Gasteiger partial charge in [-0.1, -0.05) is 53.0 Å². The molecule has 19 heavy (non-hydrogen) atoms. The Bertz CT molecular complexity index is 574. The maximum atomic E-state index is 10.1. The molecule has 0 aliphatic carbocycles. The van der Waals surface area contributed by atoms with Crippen molar-refractivity contribution in [3.63, 3.8) is 0 Å². The van der Waals surface area contributed by atoms with Gasteiger partial charge in [-0.2, -0.15) is 0 Å². The summed E-state index contributed by atoms with van der Waals surface area (Å²) in [7, 11) is 0. The SMILES string of the molecule is OC(CNc1ccc(Cl)cc1Cl)c1ccccc1Cl. The Morgan fingerprint density at radius 1 is 1.00 bits per heavy atom. The zero-order valence-electron chi connectivity index (χ0n) is 9.91. The lowest BCUT2D eigenvalue weighted by atomic mass is 10.1. The first-order valence-corrected chi connectivity index (χ1v) is 6.82. The van der Waals surface area contributed by atoms with Gasteiger partial charge in [0.15, 0.2) is 0 Å². The van der Waals surface area contributed by atoms with Crippen LogP contribution in [0.15, 0.2) is 42.5 Å². The van der Waals surface area contributed by atoms with Crippen LogP contribution in [0.4, 0.5) is 5.69 Å². The minimum absolute atomic E-state index is 0.311. The summed E-state index contributed by atoms with van der Waals surface area (Å²) in [5.41, 5.74) is 1.40. The van der Waals surface area contributed by atoms with E-state index in [2.05, 4.69) is 5.32 Å². The van der Waals surface area contributed by atoms with Gasteiger partial charge in [-0.05, 0) is 24.3 Å². The Morgan fingerprint density at radius 2 is 1.74 bits per heavy atom. The van der Waals surface area contributed by atoms with Gasteiger partial charge in [0, 0.05) is 22.2 Å². The standard InChI is InChI=1S/C14H12Cl3NO/c15-9-5-6-13(12(17)7-9)18-8-14(19)10-3-1-2-4-11(10)16/h1-7,14,18-19H,8H2. The van der Waals surface area contributed by atoms with Gasteiger partial charge in [0.2, 0.25) is 0 Å². The van der Waals surface area contributed by atoms with Crippen LogP contribution in [-0.4, -0.2) is 11.7 Å². The molecule has 5 heteroatoms. The summed E-state index contributed by atoms with van der Waals surface area (Å²) < 4.78 is 0. The Hall–Kier alpha value is -0.930. The molecule has 0 radical (unpaired) electrons. The predicted molar refractivity (Wildman–Crippen MR) is 81.4 cm³/mol. The highest BCUT2D eigenvalue weighted by Gasteiger charge is 2.11. The highest BCUT2D eigenvalue weighted by Crippen LogP contribution is 2.27. The van der Waals surface area contributed by atoms with E-state index in [0.717, 1.165) is 5.69 Å². The summed E-state index contributed by atoms with van der Waals surface area (Å²) in [5.74, 6) is 0. The van der Waals surface area contributed by atoms with Crippen molar-refractivity contribution in [2.75, 3.05) is 11.9 Å². The summed E-state index contributed by atoms with van der Waals surface area (Å²) in [6.45, 7) is 0.311. The van der Waals surface area contributed by atoms with Crippen molar-refractivity contribution < 1.29 is 5.11 Å². The maximum absolute atomic E-state index is 10.1. The molecule has 0 heterocycles. The molecule has 2 rings (SSSR count). The third-order valence-electron chi connectivity index (χ3n) is 2.68. The fraction of sp³-hybridized carbons (Fsp3) is 0.143. The summed E-state index contributed by atoms with van der Waals surface area (Å²) in [6.07, 6.45) is -0.708. The second-order valence-electron chi connectivity index (χ2n) is 4.04. The molecule has 0 amide bonds. The third-order valence-corrected chi connectivity index (χ3v) is 3.57. The first kappa shape index (κ1) is 14.5. The minimum Gasteiger partial charge on any atom is -0.387 e. The van der Waals surface area contributed by atoms with E-state index in [1.54, 1.807) is 30.3 Å². The molecule has 0 saturated carbocycles. The number of halogens is 3. The average Bonchev–Trinajstić information content (AvgIpc) is 2.38. The number of benzene rings is 2. The van der Waals surface area contributed by atoms with Crippen molar-refractivity contribution in [3.8, 4) is 0 Å². The van der Waals surface area contributed by atoms with Gasteiger partial charge in [0.05, 0.1) is 16.8 Å². The quantitative estimate of drug-likeness (QED) is 0.850. The summed E-state index contributed by atoms with van der Waals surface area (Å²) in [4.78, 5) is 0. The summed E-state index contributed by atoms with van der Waals surface area (Å²) in [5, 5.41) is 14.8. The van der Waals surface area contributed by atoms with Gasteiger partial charge in [0.1, 0.15) is 0 Å². The summed E-state index contributed by atoms with van der Waals surface area (Å²) >= 11 is 17.9. The van der Waals surface area contributed by atoms with Gasteiger partial charge in [-0.15, -0.1) is 0 Å². The Labute approximate surface area is 126 Å². The highest BCUT2D eigenvalue weighted by molar-refractivity contribution is 6.36. The number of anilines is 1. The van der Waals surface area contributed by atoms with E-state index in [4.69, 9.17) is 34.8 Å². The molecule has 2 aromatic rings. The zero-order chi connectivity index (χ0) is 13.8. The molecule has 0 aliphatic heterocycles. The van der Waals surface area contributed by atoms with E-state index in [1.165, 1.54) is 0 Å². The lowest BCUT2D eigenvalue weighted by molar-refractivity contribution is 0.192. The number of aliphatic hydroxyl groups is 1. The molecule has 100 valence electrons. The van der Waals surface area contributed by atoms with Crippen molar-refractivity contribution in [1.29, 1.82) is 0 Å². The van der Waals surface area contributed by atoms with Crippen LogP contribution in [0, 0.1) is 0 Å². The molecule has 2 aromatic carbocycles. The van der Waals surface area contributed by atoms with Gasteiger partial charge >= 0.3 is 0 Å². The van der Waals surface area contributed by atoms with Crippen molar-refractivity contribution in [2.45, 2.75) is 6.10 Å². The normalized spacial score (nSPS) is 12.2. The topological polar surface area (TPSA) is 32.3 Å². The molecule has 1 atom stereocenters. The lowest BCUT2D eigenvalue weighted by Crippen LogP contribution is -2.12. The first-order chi connectivity index (χ1) is 9.08. The lowest BCUT2D eigenvalue weighted by Gasteiger charge is -2.15. The fourth-order valence-electron chi connectivity index (χ4n) is 1.69. The smallest absolute Gasteiger partial charge is 0.0976 e. The largest absolute Gasteiger partial charge is 0.387 e. The molecule has 2 N–H and O–H groups in total. The van der Waals surface area contributed by atoms with Crippen LogP contribution in [0.2, 0.25) is 15.1 Å². The Morgan fingerprint density at radius 3 is 2.42 bits per heavy atom. The molecular formula is C14H12Cl3NO. The molecule has 0 spiro atoms. The van der Waals surface area contributed by atoms with Crippen LogP contribution in [0.5, 0.6) is 0 Å². The molecule has 0 aliphatic rings. The predicted octanol–water partition coefficient (Wildman–Crippen LogP) is 4.79. The molecule has 0 fully saturated rings. The molecular weight excluding hydrogens is 305 g/mol. The molecule has 2 nitrogen and oxygen atoms in total. The number of aliphatic hydroxyl groups excluding tert-OH is 1. The van der Waals surface area contributed by atoms with Crippen molar-refractivity contribution in [3.05, 3.63) is 63.1 Å². The van der Waals surface area contributed by atoms with E-state index in [1.807, 2.05) is 12.1 Å². The van der Waals surface area contributed by atoms with Crippen LogP contribution in [0.1, 0.15) is 11.7 Å². The van der Waals surface area contributed by atoms with E-state index < -0.39 is 6.10 Å². The third kappa shape index (κ3) is 3.77. The number of hydrogen-bond acceptors (Lipinski definition) is 2. The van der Waals surface area contributed by atoms with Crippen LogP contribution in [0.3, 0.4) is 0 Å². The number of hydrogen-bond donors (Lipinski definition) is 2. The Kier molecular flexibility index (Phi) is 4.94. The van der Waals surface area contributed by atoms with Crippen molar-refractivity contribution in [1.82, 2.24) is 0 Å². The molecule has 0 saturated heterocycles. The monoisotopic (exact) mass is 315 g/mol. The van der Waals surface area contributed by atoms with Crippen LogP contribution >= 0.6 is 34.8 Å². The van der Waals surface area contributed by atoms with Gasteiger partial charge < -0.3 is 10.4 Å². The van der Waals surface area contributed by atoms with Gasteiger partial charge in [0.25, 0.3) is 0 Å². The van der Waals surface area contributed by atoms with E-state index in [9.17, 15) is 5.11 Å². The van der Waals surface area contributed by atoms with Gasteiger partial charge in [-0.25, -0.2) is 0 Å². The van der Waals surface area contributed by atoms with E-state index >= 15 is 0 Å². The second kappa shape index (κ2) is 6.49. The van der Waals surface area contributed by atoms with Crippen LogP contribution in [0.25, 0.3) is 0 Å². The van der Waals surface area contributed by atoms with Crippen molar-refractivity contribution in [2.24, 2.45) is 0 Å². The average molecular weight is 317 g/mol. The molecule has 0 bridgehead atoms. The van der Waals surface area contributed by atoms with Crippen LogP contribution < -0.4 is 5.32 Å². The van der Waals surface area contributed by atoms with Crippen LogP contribution in [-0.2, 0) is 0 Å². The molecule has 1 unspecified atom stereocenters. The first-order valence-electron chi connectivity index (χ1n) is 5.69. The van der Waals surface area contributed by atoms with E-state index in [-0.39, 0.29) is 0 Å². The van der Waals surface area contributed by atoms with E-state index in [0.29, 0.717) is 27.2 Å². The summed E-state index contributed by atoms with van der Waals surface area (Å²) in [6, 6.07) is 12.3. The minimum atomic E-state index is -0.708. The second-order valence-corrected chi connectivity index (χ2v) is 5.29. The number of rotatable bonds is 4. The Balaban J connectivity index is 2.04. The van der Waals surface area contributed by atoms with Gasteiger partial charge in [-0.3, -0.25) is 0 Å². The zero-order valence-corrected chi connectivity index (χ0v) is 12.2. The van der Waals surface area contributed by atoms with Crippen molar-refractivity contribution >= 4 is 40.5 Å².